The Morgan fingerprint density at radius 2 is 2.00 bits per heavy atom. The largest absolute Gasteiger partial charge is 0.376 e. The molecule has 1 N–H and O–H groups in total. The number of nitrogens with one attached hydrogen (secondary N) is 1. The molecule has 1 atom stereocenters. The molecule has 0 aromatic rings. The van der Waals surface area contributed by atoms with Crippen LogP contribution in [0.3, 0.4) is 0 Å². The lowest BCUT2D eigenvalue weighted by molar-refractivity contribution is -0.00861. The Bertz CT molecular complexity index is 170. The molecule has 1 saturated carbocycles. The van der Waals surface area contributed by atoms with Gasteiger partial charge in [-0.1, -0.05) is 13.3 Å². The van der Waals surface area contributed by atoms with Crippen molar-refractivity contribution >= 4 is 0 Å². The Labute approximate surface area is 94.8 Å². The first-order valence-electron chi connectivity index (χ1n) is 6.35. The molecule has 2 heteroatoms. The molecule has 0 radical (unpaired) electrons. The first-order valence-corrected chi connectivity index (χ1v) is 6.35. The van der Waals surface area contributed by atoms with Gasteiger partial charge >= 0.3 is 0 Å². The molecule has 0 heterocycles. The van der Waals surface area contributed by atoms with Crippen LogP contribution in [0.1, 0.15) is 53.4 Å². The molecule has 90 valence electrons. The standard InChI is InChI=1S/C13H27NO/c1-11(8-9-15-13(2,3)4)10-14-12-6-5-7-12/h11-12,14H,5-10H2,1-4H3. The molecule has 0 amide bonds. The predicted octanol–water partition coefficient (Wildman–Crippen LogP) is 2.97. The summed E-state index contributed by atoms with van der Waals surface area (Å²) in [6.07, 6.45) is 5.34. The molecule has 0 saturated heterocycles. The highest BCUT2D eigenvalue weighted by atomic mass is 16.5. The summed E-state index contributed by atoms with van der Waals surface area (Å²) in [6.45, 7) is 10.7. The van der Waals surface area contributed by atoms with Crippen molar-refractivity contribution in [2.45, 2.75) is 65.0 Å². The van der Waals surface area contributed by atoms with E-state index in [1.54, 1.807) is 0 Å². The highest BCUT2D eigenvalue weighted by Crippen LogP contribution is 2.18. The zero-order chi connectivity index (χ0) is 11.3. The molecule has 0 spiro atoms. The summed E-state index contributed by atoms with van der Waals surface area (Å²) >= 11 is 0. The van der Waals surface area contributed by atoms with Crippen LogP contribution in [0, 0.1) is 5.92 Å². The first-order chi connectivity index (χ1) is 6.97. The molecule has 0 aromatic heterocycles. The van der Waals surface area contributed by atoms with Crippen molar-refractivity contribution in [3.05, 3.63) is 0 Å². The fourth-order valence-electron chi connectivity index (χ4n) is 1.65. The zero-order valence-corrected chi connectivity index (χ0v) is 10.8. The number of hydrogen-bond donors (Lipinski definition) is 1. The van der Waals surface area contributed by atoms with Crippen molar-refractivity contribution in [2.24, 2.45) is 5.92 Å². The Kier molecular flexibility index (Phi) is 5.07. The van der Waals surface area contributed by atoms with Gasteiger partial charge in [0.2, 0.25) is 0 Å². The van der Waals surface area contributed by atoms with Gasteiger partial charge in [-0.05, 0) is 52.5 Å². The highest BCUT2D eigenvalue weighted by molar-refractivity contribution is 4.76. The summed E-state index contributed by atoms with van der Waals surface area (Å²) in [5.41, 5.74) is 0.0150. The molecule has 1 rings (SSSR count). The second-order valence-electron chi connectivity index (χ2n) is 5.89. The monoisotopic (exact) mass is 213 g/mol. The summed E-state index contributed by atoms with van der Waals surface area (Å²) < 4.78 is 5.72. The van der Waals surface area contributed by atoms with E-state index in [1.165, 1.54) is 19.3 Å². The molecule has 2 nitrogen and oxygen atoms in total. The lowest BCUT2D eigenvalue weighted by Gasteiger charge is -2.28. The van der Waals surface area contributed by atoms with Crippen molar-refractivity contribution < 1.29 is 4.74 Å². The van der Waals surface area contributed by atoms with Crippen LogP contribution in [0.4, 0.5) is 0 Å². The number of ether oxygens (including phenoxy) is 1. The van der Waals surface area contributed by atoms with Crippen LogP contribution >= 0.6 is 0 Å². The van der Waals surface area contributed by atoms with Crippen LogP contribution < -0.4 is 5.32 Å². The van der Waals surface area contributed by atoms with Crippen LogP contribution in [0.5, 0.6) is 0 Å². The van der Waals surface area contributed by atoms with Gasteiger partial charge in [0, 0.05) is 12.6 Å². The fourth-order valence-corrected chi connectivity index (χ4v) is 1.65. The SMILES string of the molecule is CC(CCOC(C)(C)C)CNC1CCC1. The average molecular weight is 213 g/mol. The van der Waals surface area contributed by atoms with Crippen LogP contribution in [-0.2, 0) is 4.74 Å². The lowest BCUT2D eigenvalue weighted by atomic mass is 9.92. The van der Waals surface area contributed by atoms with Crippen molar-refractivity contribution in [2.75, 3.05) is 13.2 Å². The molecule has 1 unspecified atom stereocenters. The van der Waals surface area contributed by atoms with E-state index in [1.807, 2.05) is 0 Å². The molecule has 0 aromatic carbocycles. The molecule has 0 aliphatic heterocycles. The van der Waals surface area contributed by atoms with Gasteiger partial charge < -0.3 is 10.1 Å². The first kappa shape index (κ1) is 13.0. The molecule has 1 aliphatic rings. The van der Waals surface area contributed by atoms with Gasteiger partial charge in [0.15, 0.2) is 0 Å². The van der Waals surface area contributed by atoms with E-state index in [4.69, 9.17) is 4.74 Å². The Morgan fingerprint density at radius 1 is 1.33 bits per heavy atom. The molecule has 15 heavy (non-hydrogen) atoms. The van der Waals surface area contributed by atoms with E-state index < -0.39 is 0 Å². The van der Waals surface area contributed by atoms with Crippen molar-refractivity contribution in [1.29, 1.82) is 0 Å². The Morgan fingerprint density at radius 3 is 2.47 bits per heavy atom. The van der Waals surface area contributed by atoms with Crippen LogP contribution in [0.25, 0.3) is 0 Å². The van der Waals surface area contributed by atoms with E-state index in [9.17, 15) is 0 Å². The van der Waals surface area contributed by atoms with Gasteiger partial charge in [-0.2, -0.15) is 0 Å². The highest BCUT2D eigenvalue weighted by Gasteiger charge is 2.17. The third-order valence-corrected chi connectivity index (χ3v) is 3.01. The summed E-state index contributed by atoms with van der Waals surface area (Å²) in [7, 11) is 0. The van der Waals surface area contributed by atoms with Gasteiger partial charge in [0.05, 0.1) is 5.60 Å². The fraction of sp³-hybridized carbons (Fsp3) is 1.00. The Hall–Kier alpha value is -0.0800. The number of rotatable bonds is 6. The van der Waals surface area contributed by atoms with Crippen molar-refractivity contribution in [3.8, 4) is 0 Å². The van der Waals surface area contributed by atoms with E-state index in [2.05, 4.69) is 33.0 Å². The third-order valence-electron chi connectivity index (χ3n) is 3.01. The van der Waals surface area contributed by atoms with Crippen LogP contribution in [-0.4, -0.2) is 24.8 Å². The van der Waals surface area contributed by atoms with Gasteiger partial charge in [-0.15, -0.1) is 0 Å². The van der Waals surface area contributed by atoms with Gasteiger partial charge in [0.1, 0.15) is 0 Å². The van der Waals surface area contributed by atoms with Crippen molar-refractivity contribution in [3.63, 3.8) is 0 Å². The lowest BCUT2D eigenvalue weighted by Crippen LogP contribution is -2.38. The summed E-state index contributed by atoms with van der Waals surface area (Å²) in [6, 6.07) is 0.816. The minimum Gasteiger partial charge on any atom is -0.376 e. The van der Waals surface area contributed by atoms with Crippen LogP contribution in [0.15, 0.2) is 0 Å². The summed E-state index contributed by atoms with van der Waals surface area (Å²) in [5, 5.41) is 3.61. The maximum atomic E-state index is 5.72. The normalized spacial score (nSPS) is 20.0. The quantitative estimate of drug-likeness (QED) is 0.732. The minimum absolute atomic E-state index is 0.0150. The van der Waals surface area contributed by atoms with Gasteiger partial charge in [0.25, 0.3) is 0 Å². The van der Waals surface area contributed by atoms with E-state index >= 15 is 0 Å². The van der Waals surface area contributed by atoms with E-state index in [0.717, 1.165) is 31.5 Å². The van der Waals surface area contributed by atoms with Crippen molar-refractivity contribution in [1.82, 2.24) is 5.32 Å². The van der Waals surface area contributed by atoms with Crippen LogP contribution in [0.2, 0.25) is 0 Å². The maximum Gasteiger partial charge on any atom is 0.0598 e. The molecule has 1 aliphatic carbocycles. The average Bonchev–Trinajstić information content (AvgIpc) is 1.98. The molecular weight excluding hydrogens is 186 g/mol. The summed E-state index contributed by atoms with van der Waals surface area (Å²) in [4.78, 5) is 0. The predicted molar refractivity (Wildman–Crippen MR) is 65.1 cm³/mol. The second-order valence-corrected chi connectivity index (χ2v) is 5.89. The zero-order valence-electron chi connectivity index (χ0n) is 10.8. The van der Waals surface area contributed by atoms with Gasteiger partial charge in [-0.3, -0.25) is 0 Å². The van der Waals surface area contributed by atoms with Gasteiger partial charge in [-0.25, -0.2) is 0 Å². The van der Waals surface area contributed by atoms with E-state index in [0.29, 0.717) is 0 Å². The second kappa shape index (κ2) is 5.86. The number of hydrogen-bond acceptors (Lipinski definition) is 2. The summed E-state index contributed by atoms with van der Waals surface area (Å²) in [5.74, 6) is 0.730. The smallest absolute Gasteiger partial charge is 0.0598 e. The third kappa shape index (κ3) is 6.16. The molecule has 1 fully saturated rings. The maximum absolute atomic E-state index is 5.72. The molecular formula is C13H27NO. The Balaban J connectivity index is 1.95. The molecule has 0 bridgehead atoms. The minimum atomic E-state index is 0.0150. The topological polar surface area (TPSA) is 21.3 Å². The van der Waals surface area contributed by atoms with E-state index in [-0.39, 0.29) is 5.60 Å².